The maximum Gasteiger partial charge on any atom is 0.410 e. The van der Waals surface area contributed by atoms with E-state index in [2.05, 4.69) is 21.3 Å². The van der Waals surface area contributed by atoms with Crippen LogP contribution in [0.5, 0.6) is 0 Å². The molecule has 10 nitrogen and oxygen atoms in total. The summed E-state index contributed by atoms with van der Waals surface area (Å²) in [5.74, 6) is 0.442. The van der Waals surface area contributed by atoms with Crippen molar-refractivity contribution in [3.05, 3.63) is 52.4 Å². The average molecular weight is 577 g/mol. The number of nitrogens with one attached hydrogen (secondary N) is 1. The van der Waals surface area contributed by atoms with Gasteiger partial charge >= 0.3 is 6.09 Å². The molecule has 41 heavy (non-hydrogen) atoms. The summed E-state index contributed by atoms with van der Waals surface area (Å²) in [6.45, 7) is 13.4. The predicted octanol–water partition coefficient (Wildman–Crippen LogP) is 5.92. The Morgan fingerprint density at radius 2 is 1.98 bits per heavy atom. The Morgan fingerprint density at radius 3 is 2.61 bits per heavy atom. The van der Waals surface area contributed by atoms with E-state index in [0.717, 1.165) is 22.9 Å². The molecule has 0 radical (unpaired) electrons. The molecule has 12 heteroatoms. The minimum atomic E-state index is -0.550. The van der Waals surface area contributed by atoms with Crippen LogP contribution in [0.4, 0.5) is 25.8 Å². The van der Waals surface area contributed by atoms with Gasteiger partial charge in [-0.15, -0.1) is 0 Å². The van der Waals surface area contributed by atoms with Gasteiger partial charge in [0.25, 0.3) is 0 Å². The van der Waals surface area contributed by atoms with E-state index in [0.29, 0.717) is 53.0 Å². The van der Waals surface area contributed by atoms with E-state index in [1.54, 1.807) is 17.0 Å². The molecule has 5 rings (SSSR count). The van der Waals surface area contributed by atoms with E-state index in [9.17, 15) is 14.4 Å². The summed E-state index contributed by atoms with van der Waals surface area (Å²) in [4.78, 5) is 26.8. The van der Waals surface area contributed by atoms with Crippen LogP contribution in [-0.2, 0) is 11.2 Å². The van der Waals surface area contributed by atoms with Gasteiger partial charge in [0, 0.05) is 43.0 Å². The summed E-state index contributed by atoms with van der Waals surface area (Å²) >= 11 is 1.23. The number of anilines is 3. The Morgan fingerprint density at radius 1 is 1.24 bits per heavy atom. The molecule has 214 valence electrons. The summed E-state index contributed by atoms with van der Waals surface area (Å²) in [7, 11) is 0. The molecule has 0 saturated carbocycles. The number of carbonyl (C=O) groups excluding carboxylic acids is 1. The number of benzene rings is 1. The van der Waals surface area contributed by atoms with Gasteiger partial charge in [0.05, 0.1) is 5.69 Å². The lowest BCUT2D eigenvalue weighted by atomic mass is 10.1. The van der Waals surface area contributed by atoms with Crippen LogP contribution < -0.4 is 10.2 Å². The van der Waals surface area contributed by atoms with Gasteiger partial charge in [0.2, 0.25) is 0 Å². The molecule has 1 aliphatic heterocycles. The first-order valence-corrected chi connectivity index (χ1v) is 14.4. The number of hydrogen-bond acceptors (Lipinski definition) is 9. The second-order valence-electron chi connectivity index (χ2n) is 11.1. The van der Waals surface area contributed by atoms with Gasteiger partial charge in [-0.25, -0.2) is 23.7 Å². The van der Waals surface area contributed by atoms with Crippen molar-refractivity contribution < 1.29 is 13.9 Å². The highest BCUT2D eigenvalue weighted by Crippen LogP contribution is 2.35. The Balaban J connectivity index is 1.45. The maximum atomic E-state index is 13.5. The van der Waals surface area contributed by atoms with E-state index in [1.807, 2.05) is 52.1 Å². The number of nitriles is 1. The lowest BCUT2D eigenvalue weighted by Gasteiger charge is -2.40. The van der Waals surface area contributed by atoms with Crippen LogP contribution in [0, 0.1) is 24.1 Å². The molecule has 0 spiro atoms. The fourth-order valence-electron chi connectivity index (χ4n) is 4.85. The SMILES string of the molecule is CCc1nn2c(C)cc(N3CCN(C(=O)OC(C)(C)C)[C@@H](C)C3)nc2c1Nc1nc(-c2ccc(F)cc2)c(C#N)s1. The van der Waals surface area contributed by atoms with Crippen molar-refractivity contribution in [1.82, 2.24) is 24.5 Å². The van der Waals surface area contributed by atoms with Crippen molar-refractivity contribution in [3.8, 4) is 17.3 Å². The quantitative estimate of drug-likeness (QED) is 0.312. The van der Waals surface area contributed by atoms with Gasteiger partial charge in [-0.1, -0.05) is 18.3 Å². The lowest BCUT2D eigenvalue weighted by Crippen LogP contribution is -2.55. The summed E-state index contributed by atoms with van der Waals surface area (Å²) in [5.41, 5.74) is 3.72. The van der Waals surface area contributed by atoms with E-state index in [1.165, 1.54) is 23.5 Å². The third kappa shape index (κ3) is 5.81. The first kappa shape index (κ1) is 28.3. The number of carbonyl (C=O) groups is 1. The Kier molecular flexibility index (Phi) is 7.57. The monoisotopic (exact) mass is 576 g/mol. The van der Waals surface area contributed by atoms with Gasteiger partial charge in [-0.2, -0.15) is 10.4 Å². The number of halogens is 1. The van der Waals surface area contributed by atoms with Gasteiger partial charge in [-0.3, -0.25) is 0 Å². The number of thiazole rings is 1. The summed E-state index contributed by atoms with van der Waals surface area (Å²) in [5, 5.41) is 18.4. The van der Waals surface area contributed by atoms with Gasteiger partial charge < -0.3 is 19.9 Å². The normalized spacial score (nSPS) is 15.7. The zero-order chi connectivity index (χ0) is 29.5. The first-order valence-electron chi connectivity index (χ1n) is 13.5. The Bertz CT molecular complexity index is 1630. The highest BCUT2D eigenvalue weighted by atomic mass is 32.1. The third-order valence-corrected chi connectivity index (χ3v) is 7.69. The Hall–Kier alpha value is -4.24. The highest BCUT2D eigenvalue weighted by molar-refractivity contribution is 7.16. The van der Waals surface area contributed by atoms with Gasteiger partial charge in [0.15, 0.2) is 10.8 Å². The molecule has 0 bridgehead atoms. The van der Waals surface area contributed by atoms with E-state index in [-0.39, 0.29) is 18.0 Å². The van der Waals surface area contributed by atoms with Crippen LogP contribution in [0.1, 0.15) is 50.9 Å². The zero-order valence-corrected chi connectivity index (χ0v) is 24.8. The molecule has 0 aliphatic carbocycles. The fraction of sp³-hybridized carbons (Fsp3) is 0.414. The minimum absolute atomic E-state index is 0.0600. The minimum Gasteiger partial charge on any atom is -0.444 e. The Labute approximate surface area is 242 Å². The van der Waals surface area contributed by atoms with Crippen molar-refractivity contribution in [3.63, 3.8) is 0 Å². The molecule has 1 saturated heterocycles. The van der Waals surface area contributed by atoms with E-state index < -0.39 is 5.60 Å². The van der Waals surface area contributed by atoms with E-state index in [4.69, 9.17) is 14.8 Å². The molecule has 1 fully saturated rings. The first-order chi connectivity index (χ1) is 19.5. The van der Waals surface area contributed by atoms with Crippen LogP contribution in [0.25, 0.3) is 16.9 Å². The number of amides is 1. The number of rotatable bonds is 5. The van der Waals surface area contributed by atoms with Crippen molar-refractivity contribution in [2.75, 3.05) is 29.9 Å². The van der Waals surface area contributed by atoms with Crippen LogP contribution in [0.15, 0.2) is 30.3 Å². The number of piperazine rings is 1. The molecular formula is C29H33FN8O2S. The third-order valence-electron chi connectivity index (χ3n) is 6.82. The van der Waals surface area contributed by atoms with Crippen molar-refractivity contribution in [2.24, 2.45) is 0 Å². The number of fused-ring (bicyclic) bond motifs is 1. The topological polar surface area (TPSA) is 112 Å². The average Bonchev–Trinajstić information content (AvgIpc) is 3.49. The van der Waals surface area contributed by atoms with Crippen molar-refractivity contribution in [1.29, 1.82) is 5.26 Å². The highest BCUT2D eigenvalue weighted by Gasteiger charge is 2.32. The van der Waals surface area contributed by atoms with Crippen molar-refractivity contribution in [2.45, 2.75) is 59.6 Å². The largest absolute Gasteiger partial charge is 0.444 e. The summed E-state index contributed by atoms with van der Waals surface area (Å²) in [6, 6.07) is 10.1. The standard InChI is InChI=1S/C29H33FN8O2S/c1-7-21-25(34-27-33-24(22(15-31)41-27)19-8-10-20(30)11-9-19)26-32-23(14-17(2)38(26)35-21)36-12-13-37(18(3)16-36)28(39)40-29(4,5)6/h8-11,14,18H,7,12-13,16H2,1-6H3,(H,33,34)/t18-/m0/s1. The van der Waals surface area contributed by atoms with E-state index >= 15 is 0 Å². The number of aryl methyl sites for hydroxylation is 2. The zero-order valence-electron chi connectivity index (χ0n) is 24.0. The fourth-order valence-corrected chi connectivity index (χ4v) is 5.63. The summed E-state index contributed by atoms with van der Waals surface area (Å²) < 4.78 is 20.9. The second kappa shape index (κ2) is 11.0. The maximum absolute atomic E-state index is 13.5. The molecule has 1 amide bonds. The molecule has 4 aromatic rings. The van der Waals surface area contributed by atoms with Crippen molar-refractivity contribution >= 4 is 39.7 Å². The molecule has 4 heterocycles. The second-order valence-corrected chi connectivity index (χ2v) is 12.1. The van der Waals surface area contributed by atoms with Crippen LogP contribution in [-0.4, -0.2) is 61.9 Å². The molecule has 3 aromatic heterocycles. The predicted molar refractivity (Wildman–Crippen MR) is 157 cm³/mol. The molecule has 1 aliphatic rings. The van der Waals surface area contributed by atoms with Gasteiger partial charge in [-0.05, 0) is 65.3 Å². The number of ether oxygens (including phenoxy) is 1. The van der Waals surface area contributed by atoms with Gasteiger partial charge in [0.1, 0.15) is 39.6 Å². The summed E-state index contributed by atoms with van der Waals surface area (Å²) in [6.07, 6.45) is 0.354. The molecule has 1 aromatic carbocycles. The molecule has 1 N–H and O–H groups in total. The molecular weight excluding hydrogens is 543 g/mol. The van der Waals surface area contributed by atoms with Crippen LogP contribution in [0.3, 0.4) is 0 Å². The number of hydrogen-bond donors (Lipinski definition) is 1. The molecule has 1 atom stereocenters. The molecule has 0 unspecified atom stereocenters. The van der Waals surface area contributed by atoms with Crippen LogP contribution >= 0.6 is 11.3 Å². The number of aromatic nitrogens is 4. The number of nitrogens with zero attached hydrogens (tertiary/aromatic N) is 7. The smallest absolute Gasteiger partial charge is 0.410 e. The lowest BCUT2D eigenvalue weighted by molar-refractivity contribution is 0.0158. The van der Waals surface area contributed by atoms with Crippen LogP contribution in [0.2, 0.25) is 0 Å².